The van der Waals surface area contributed by atoms with Gasteiger partial charge in [0.05, 0.1) is 6.54 Å². The van der Waals surface area contributed by atoms with Gasteiger partial charge in [0, 0.05) is 28.2 Å². The number of aromatic nitrogens is 4. The van der Waals surface area contributed by atoms with Gasteiger partial charge in [-0.3, -0.25) is 13.9 Å². The first-order chi connectivity index (χ1) is 13.2. The minimum atomic E-state index is -0.876. The molecule has 28 heavy (non-hydrogen) atoms. The Bertz CT molecular complexity index is 1110. The van der Waals surface area contributed by atoms with E-state index < -0.39 is 17.4 Å². The van der Waals surface area contributed by atoms with Gasteiger partial charge in [0.15, 0.2) is 11.2 Å². The standard InChI is InChI=1S/C19H25N5O4/c1-12-6-8-14(9-7-12)28-11-13(25)10-24-15-16(20-18(24)21(2)3)22(4)19(27)23(5)17(15)26/h6-9,13,25H,10-11H2,1-5H3/t13-/m0/s1. The monoisotopic (exact) mass is 387 g/mol. The Labute approximate surface area is 162 Å². The van der Waals surface area contributed by atoms with Gasteiger partial charge >= 0.3 is 5.69 Å². The molecule has 1 aromatic carbocycles. The van der Waals surface area contributed by atoms with Gasteiger partial charge in [0.1, 0.15) is 18.5 Å². The summed E-state index contributed by atoms with van der Waals surface area (Å²) in [5, 5.41) is 10.5. The summed E-state index contributed by atoms with van der Waals surface area (Å²) in [5.74, 6) is 1.13. The van der Waals surface area contributed by atoms with E-state index in [-0.39, 0.29) is 24.3 Å². The molecule has 0 radical (unpaired) electrons. The molecule has 0 aliphatic heterocycles. The smallest absolute Gasteiger partial charge is 0.332 e. The maximum Gasteiger partial charge on any atom is 0.332 e. The topological polar surface area (TPSA) is 94.5 Å². The van der Waals surface area contributed by atoms with Crippen molar-refractivity contribution in [2.75, 3.05) is 25.6 Å². The largest absolute Gasteiger partial charge is 0.491 e. The van der Waals surface area contributed by atoms with E-state index in [1.165, 1.54) is 11.6 Å². The van der Waals surface area contributed by atoms with Gasteiger partial charge in [-0.15, -0.1) is 0 Å². The lowest BCUT2D eigenvalue weighted by Gasteiger charge is -2.18. The molecule has 0 saturated heterocycles. The minimum absolute atomic E-state index is 0.0572. The van der Waals surface area contributed by atoms with Crippen LogP contribution >= 0.6 is 0 Å². The van der Waals surface area contributed by atoms with Gasteiger partial charge in [-0.05, 0) is 19.1 Å². The molecule has 0 aliphatic rings. The third-order valence-electron chi connectivity index (χ3n) is 4.58. The van der Waals surface area contributed by atoms with E-state index in [2.05, 4.69) is 4.98 Å². The Morgan fingerprint density at radius 3 is 2.39 bits per heavy atom. The van der Waals surface area contributed by atoms with Crippen LogP contribution in [0.25, 0.3) is 11.2 Å². The molecular formula is C19H25N5O4. The Kier molecular flexibility index (Phi) is 5.28. The van der Waals surface area contributed by atoms with Crippen LogP contribution in [0.3, 0.4) is 0 Å². The van der Waals surface area contributed by atoms with Gasteiger partial charge in [0.25, 0.3) is 5.56 Å². The summed E-state index contributed by atoms with van der Waals surface area (Å²) in [7, 11) is 6.57. The normalized spacial score (nSPS) is 12.4. The summed E-state index contributed by atoms with van der Waals surface area (Å²) in [6.45, 7) is 2.14. The number of benzene rings is 1. The molecule has 3 aromatic rings. The van der Waals surface area contributed by atoms with Gasteiger partial charge < -0.3 is 19.3 Å². The predicted molar refractivity (Wildman–Crippen MR) is 107 cm³/mol. The molecule has 1 atom stereocenters. The first-order valence-electron chi connectivity index (χ1n) is 8.91. The van der Waals surface area contributed by atoms with Crippen LogP contribution in [-0.4, -0.2) is 50.6 Å². The Morgan fingerprint density at radius 2 is 1.79 bits per heavy atom. The molecule has 3 rings (SSSR count). The van der Waals surface area contributed by atoms with Crippen molar-refractivity contribution < 1.29 is 9.84 Å². The second-order valence-electron chi connectivity index (χ2n) is 7.07. The first-order valence-corrected chi connectivity index (χ1v) is 8.91. The molecule has 0 fully saturated rings. The van der Waals surface area contributed by atoms with Crippen LogP contribution in [-0.2, 0) is 20.6 Å². The van der Waals surface area contributed by atoms with E-state index in [1.54, 1.807) is 30.6 Å². The molecule has 0 amide bonds. The van der Waals surface area contributed by atoms with E-state index >= 15 is 0 Å². The highest BCUT2D eigenvalue weighted by atomic mass is 16.5. The first kappa shape index (κ1) is 19.7. The van der Waals surface area contributed by atoms with E-state index in [0.717, 1.165) is 10.1 Å². The fraction of sp³-hybridized carbons (Fsp3) is 0.421. The van der Waals surface area contributed by atoms with Gasteiger partial charge in [-0.1, -0.05) is 17.7 Å². The van der Waals surface area contributed by atoms with Crippen molar-refractivity contribution in [1.29, 1.82) is 0 Å². The zero-order chi connectivity index (χ0) is 20.6. The maximum absolute atomic E-state index is 12.7. The minimum Gasteiger partial charge on any atom is -0.491 e. The van der Waals surface area contributed by atoms with Crippen molar-refractivity contribution in [2.24, 2.45) is 14.1 Å². The van der Waals surface area contributed by atoms with Crippen molar-refractivity contribution in [3.05, 3.63) is 50.7 Å². The van der Waals surface area contributed by atoms with Crippen LogP contribution in [0.4, 0.5) is 5.95 Å². The van der Waals surface area contributed by atoms with Crippen LogP contribution in [0.15, 0.2) is 33.9 Å². The molecule has 0 unspecified atom stereocenters. The molecule has 1 N–H and O–H groups in total. The summed E-state index contributed by atoms with van der Waals surface area (Å²) in [6, 6.07) is 7.54. The fourth-order valence-corrected chi connectivity index (χ4v) is 3.04. The lowest BCUT2D eigenvalue weighted by atomic mass is 10.2. The number of nitrogens with zero attached hydrogens (tertiary/aromatic N) is 5. The van der Waals surface area contributed by atoms with Crippen molar-refractivity contribution in [3.8, 4) is 5.75 Å². The molecule has 150 valence electrons. The van der Waals surface area contributed by atoms with E-state index in [0.29, 0.717) is 11.7 Å². The summed E-state index contributed by atoms with van der Waals surface area (Å²) in [5.41, 5.74) is 0.766. The lowest BCUT2D eigenvalue weighted by Crippen LogP contribution is -2.38. The van der Waals surface area contributed by atoms with Crippen LogP contribution in [0, 0.1) is 6.92 Å². The highest BCUT2D eigenvalue weighted by Gasteiger charge is 2.22. The van der Waals surface area contributed by atoms with Gasteiger partial charge in [-0.2, -0.15) is 4.98 Å². The third kappa shape index (κ3) is 3.53. The number of hydrogen-bond donors (Lipinski definition) is 1. The zero-order valence-electron chi connectivity index (χ0n) is 16.7. The summed E-state index contributed by atoms with van der Waals surface area (Å²) < 4.78 is 9.64. The van der Waals surface area contributed by atoms with E-state index in [4.69, 9.17) is 4.74 Å². The molecule has 0 saturated carbocycles. The number of ether oxygens (including phenoxy) is 1. The second kappa shape index (κ2) is 7.51. The van der Waals surface area contributed by atoms with Crippen molar-refractivity contribution in [2.45, 2.75) is 19.6 Å². The van der Waals surface area contributed by atoms with Crippen LogP contribution < -0.4 is 20.9 Å². The number of imidazole rings is 1. The molecular weight excluding hydrogens is 362 g/mol. The summed E-state index contributed by atoms with van der Waals surface area (Å²) >= 11 is 0. The third-order valence-corrected chi connectivity index (χ3v) is 4.58. The molecule has 9 heteroatoms. The molecule has 0 spiro atoms. The SMILES string of the molecule is Cc1ccc(OC[C@@H](O)Cn2c(N(C)C)nc3c2c(=O)n(C)c(=O)n3C)cc1. The molecule has 2 heterocycles. The van der Waals surface area contributed by atoms with E-state index in [1.807, 2.05) is 31.2 Å². The number of aryl methyl sites for hydroxylation is 2. The van der Waals surface area contributed by atoms with Crippen molar-refractivity contribution in [1.82, 2.24) is 18.7 Å². The van der Waals surface area contributed by atoms with Crippen LogP contribution in [0.1, 0.15) is 5.56 Å². The quantitative estimate of drug-likeness (QED) is 0.652. The second-order valence-corrected chi connectivity index (χ2v) is 7.07. The van der Waals surface area contributed by atoms with Crippen LogP contribution in [0.5, 0.6) is 5.75 Å². The Balaban J connectivity index is 1.95. The molecule has 0 bridgehead atoms. The van der Waals surface area contributed by atoms with Gasteiger partial charge in [-0.25, -0.2) is 4.79 Å². The lowest BCUT2D eigenvalue weighted by molar-refractivity contribution is 0.0937. The highest BCUT2D eigenvalue weighted by Crippen LogP contribution is 2.19. The average molecular weight is 387 g/mol. The molecule has 9 nitrogen and oxygen atoms in total. The Hall–Kier alpha value is -3.07. The Morgan fingerprint density at radius 1 is 1.14 bits per heavy atom. The maximum atomic E-state index is 12.7. The van der Waals surface area contributed by atoms with Crippen molar-refractivity contribution in [3.63, 3.8) is 0 Å². The highest BCUT2D eigenvalue weighted by molar-refractivity contribution is 5.74. The number of fused-ring (bicyclic) bond motifs is 1. The summed E-state index contributed by atoms with van der Waals surface area (Å²) in [4.78, 5) is 31.1. The number of aliphatic hydroxyl groups excluding tert-OH is 1. The van der Waals surface area contributed by atoms with Crippen LogP contribution in [0.2, 0.25) is 0 Å². The van der Waals surface area contributed by atoms with Crippen molar-refractivity contribution >= 4 is 17.1 Å². The molecule has 0 aliphatic carbocycles. The number of hydrogen-bond acceptors (Lipinski definition) is 6. The molecule has 2 aromatic heterocycles. The predicted octanol–water partition coefficient (Wildman–Crippen LogP) is 0.248. The number of rotatable bonds is 6. The average Bonchev–Trinajstić information content (AvgIpc) is 3.03. The summed E-state index contributed by atoms with van der Waals surface area (Å²) in [6.07, 6.45) is -0.876. The number of aliphatic hydroxyl groups is 1. The zero-order valence-corrected chi connectivity index (χ0v) is 16.7. The number of anilines is 1. The van der Waals surface area contributed by atoms with Gasteiger partial charge in [0.2, 0.25) is 5.95 Å². The fourth-order valence-electron chi connectivity index (χ4n) is 3.04. The van der Waals surface area contributed by atoms with E-state index in [9.17, 15) is 14.7 Å².